The summed E-state index contributed by atoms with van der Waals surface area (Å²) in [7, 11) is 5.13. The summed E-state index contributed by atoms with van der Waals surface area (Å²) in [5, 5.41) is 7.44. The molecule has 4 aromatic rings. The molecule has 5 rings (SSSR count). The monoisotopic (exact) mass is 456 g/mol. The molecular weight excluding hydrogens is 432 g/mol. The molecule has 34 heavy (non-hydrogen) atoms. The fraction of sp³-hybridized carbons (Fsp3) is 0.208. The highest BCUT2D eigenvalue weighted by molar-refractivity contribution is 5.90. The summed E-state index contributed by atoms with van der Waals surface area (Å²) < 4.78 is 12.7. The third kappa shape index (κ3) is 4.38. The van der Waals surface area contributed by atoms with Gasteiger partial charge in [-0.15, -0.1) is 0 Å². The third-order valence-corrected chi connectivity index (χ3v) is 5.38. The lowest BCUT2D eigenvalue weighted by Gasteiger charge is -2.26. The fourth-order valence-corrected chi connectivity index (χ4v) is 3.65. The zero-order valence-electron chi connectivity index (χ0n) is 19.1. The molecule has 0 saturated carbocycles. The van der Waals surface area contributed by atoms with Crippen LogP contribution in [0.15, 0.2) is 66.2 Å². The van der Waals surface area contributed by atoms with Crippen molar-refractivity contribution in [3.63, 3.8) is 0 Å². The van der Waals surface area contributed by atoms with E-state index in [4.69, 9.17) is 19.4 Å². The minimum absolute atomic E-state index is 0.467. The molecule has 4 heterocycles. The maximum atomic E-state index is 5.50. The van der Waals surface area contributed by atoms with Crippen LogP contribution in [0.5, 0.6) is 11.5 Å². The molecule has 1 aliphatic heterocycles. The number of hydrogen-bond acceptors (Lipinski definition) is 9. The predicted molar refractivity (Wildman–Crippen MR) is 131 cm³/mol. The van der Waals surface area contributed by atoms with Crippen LogP contribution >= 0.6 is 0 Å². The number of methoxy groups -OCH3 is 2. The van der Waals surface area contributed by atoms with Gasteiger partial charge in [-0.25, -0.2) is 9.97 Å². The first-order valence-electron chi connectivity index (χ1n) is 10.7. The van der Waals surface area contributed by atoms with E-state index >= 15 is 0 Å². The Morgan fingerprint density at radius 1 is 1.06 bits per heavy atom. The van der Waals surface area contributed by atoms with Gasteiger partial charge in [-0.3, -0.25) is 14.7 Å². The number of hydrogen-bond donors (Lipinski definition) is 1. The number of nitrogens with one attached hydrogen (secondary N) is 1. The lowest BCUT2D eigenvalue weighted by molar-refractivity contribution is 0.394. The SMILES string of the molecule is COc1cc(OC)cc(N(CC2=NCC=CN2)c2ccc3ncc(-c4cnn(C)c4)nc3n2)c1. The second kappa shape index (κ2) is 9.18. The van der Waals surface area contributed by atoms with E-state index in [1.807, 2.05) is 60.8 Å². The summed E-state index contributed by atoms with van der Waals surface area (Å²) in [6.07, 6.45) is 9.25. The molecule has 0 bridgehead atoms. The lowest BCUT2D eigenvalue weighted by Crippen LogP contribution is -2.34. The maximum Gasteiger partial charge on any atom is 0.180 e. The molecule has 172 valence electrons. The van der Waals surface area contributed by atoms with E-state index in [1.165, 1.54) is 0 Å². The number of aryl methyl sites for hydroxylation is 1. The Hall–Kier alpha value is -4.47. The Bertz CT molecular complexity index is 1370. The van der Waals surface area contributed by atoms with Gasteiger partial charge in [-0.1, -0.05) is 0 Å². The molecule has 0 atom stereocenters. The van der Waals surface area contributed by atoms with Crippen molar-refractivity contribution in [2.75, 3.05) is 32.2 Å². The second-order valence-electron chi connectivity index (χ2n) is 7.66. The average molecular weight is 457 g/mol. The number of amidine groups is 1. The molecule has 0 spiro atoms. The van der Waals surface area contributed by atoms with Crippen LogP contribution in [0, 0.1) is 0 Å². The Morgan fingerprint density at radius 2 is 1.88 bits per heavy atom. The molecule has 0 aliphatic carbocycles. The standard InChI is InChI=1S/C24H24N8O2/c1-31-14-16(12-28-31)21-13-27-20-5-6-23(30-24(20)29-21)32(15-22-25-7-4-8-26-22)17-9-18(33-2)11-19(10-17)34-3/h4-7,9-14H,8,15H2,1-3H3,(H,25,26). The van der Waals surface area contributed by atoms with Gasteiger partial charge >= 0.3 is 0 Å². The maximum absolute atomic E-state index is 5.50. The van der Waals surface area contributed by atoms with Crippen molar-refractivity contribution < 1.29 is 9.47 Å². The first-order chi connectivity index (χ1) is 16.6. The molecule has 0 unspecified atom stereocenters. The van der Waals surface area contributed by atoms with Gasteiger partial charge < -0.3 is 19.7 Å². The molecule has 0 radical (unpaired) electrons. The highest BCUT2D eigenvalue weighted by Crippen LogP contribution is 2.33. The number of rotatable bonds is 7. The second-order valence-corrected chi connectivity index (χ2v) is 7.66. The number of aliphatic imine (C=N–C) groups is 1. The molecule has 1 N–H and O–H groups in total. The number of aromatic nitrogens is 5. The summed E-state index contributed by atoms with van der Waals surface area (Å²) in [4.78, 5) is 20.8. The van der Waals surface area contributed by atoms with Crippen molar-refractivity contribution in [3.05, 3.63) is 61.2 Å². The summed E-state index contributed by atoms with van der Waals surface area (Å²) in [5.41, 5.74) is 3.68. The van der Waals surface area contributed by atoms with Crippen LogP contribution in [-0.4, -0.2) is 57.9 Å². The van der Waals surface area contributed by atoms with E-state index in [1.54, 1.807) is 31.3 Å². The van der Waals surface area contributed by atoms with Gasteiger partial charge in [0.25, 0.3) is 0 Å². The van der Waals surface area contributed by atoms with Crippen molar-refractivity contribution in [2.24, 2.45) is 12.0 Å². The van der Waals surface area contributed by atoms with Gasteiger partial charge in [0.05, 0.1) is 51.1 Å². The van der Waals surface area contributed by atoms with Crippen LogP contribution in [0.1, 0.15) is 0 Å². The van der Waals surface area contributed by atoms with Crippen LogP contribution in [0.3, 0.4) is 0 Å². The van der Waals surface area contributed by atoms with Gasteiger partial charge in [0.1, 0.15) is 28.7 Å². The largest absolute Gasteiger partial charge is 0.497 e. The molecule has 0 fully saturated rings. The van der Waals surface area contributed by atoms with Crippen molar-refractivity contribution in [2.45, 2.75) is 0 Å². The number of fused-ring (bicyclic) bond motifs is 1. The molecule has 10 heteroatoms. The summed E-state index contributed by atoms with van der Waals surface area (Å²) in [5.74, 6) is 2.87. The third-order valence-electron chi connectivity index (χ3n) is 5.38. The Labute approximate surface area is 196 Å². The number of anilines is 2. The Kier molecular flexibility index (Phi) is 5.77. The number of ether oxygens (including phenoxy) is 2. The van der Waals surface area contributed by atoms with E-state index in [0.29, 0.717) is 47.3 Å². The summed E-state index contributed by atoms with van der Waals surface area (Å²) >= 11 is 0. The minimum atomic E-state index is 0.467. The van der Waals surface area contributed by atoms with E-state index in [2.05, 4.69) is 20.4 Å². The quantitative estimate of drug-likeness (QED) is 0.453. The van der Waals surface area contributed by atoms with Crippen molar-refractivity contribution in [1.82, 2.24) is 30.0 Å². The number of benzene rings is 1. The number of nitrogens with zero attached hydrogens (tertiary/aromatic N) is 7. The Morgan fingerprint density at radius 3 is 2.56 bits per heavy atom. The smallest absolute Gasteiger partial charge is 0.180 e. The molecule has 0 saturated heterocycles. The topological polar surface area (TPSA) is 103 Å². The Balaban J connectivity index is 1.59. The molecule has 0 amide bonds. The van der Waals surface area contributed by atoms with Crippen molar-refractivity contribution in [3.8, 4) is 22.8 Å². The molecule has 3 aromatic heterocycles. The van der Waals surface area contributed by atoms with Crippen LogP contribution in [-0.2, 0) is 7.05 Å². The summed E-state index contributed by atoms with van der Waals surface area (Å²) in [6.45, 7) is 1.09. The molecule has 1 aliphatic rings. The van der Waals surface area contributed by atoms with Crippen molar-refractivity contribution >= 4 is 28.5 Å². The fourth-order valence-electron chi connectivity index (χ4n) is 3.65. The van der Waals surface area contributed by atoms with Gasteiger partial charge in [0.2, 0.25) is 0 Å². The van der Waals surface area contributed by atoms with Gasteiger partial charge in [-0.2, -0.15) is 5.10 Å². The average Bonchev–Trinajstić information content (AvgIpc) is 3.33. The van der Waals surface area contributed by atoms with E-state index in [0.717, 1.165) is 17.1 Å². The first kappa shape index (κ1) is 21.4. The summed E-state index contributed by atoms with van der Waals surface area (Å²) in [6, 6.07) is 9.54. The van der Waals surface area contributed by atoms with Gasteiger partial charge in [0, 0.05) is 43.2 Å². The molecular formula is C24H24N8O2. The lowest BCUT2D eigenvalue weighted by atomic mass is 10.2. The number of pyridine rings is 1. The molecule has 1 aromatic carbocycles. The minimum Gasteiger partial charge on any atom is -0.497 e. The highest BCUT2D eigenvalue weighted by atomic mass is 16.5. The van der Waals surface area contributed by atoms with Crippen LogP contribution in [0.25, 0.3) is 22.4 Å². The predicted octanol–water partition coefficient (Wildman–Crippen LogP) is 3.10. The van der Waals surface area contributed by atoms with E-state index in [-0.39, 0.29) is 0 Å². The van der Waals surface area contributed by atoms with Crippen LogP contribution < -0.4 is 19.7 Å². The molecule has 10 nitrogen and oxygen atoms in total. The van der Waals surface area contributed by atoms with Crippen LogP contribution in [0.2, 0.25) is 0 Å². The van der Waals surface area contributed by atoms with Crippen LogP contribution in [0.4, 0.5) is 11.5 Å². The van der Waals surface area contributed by atoms with E-state index < -0.39 is 0 Å². The first-order valence-corrected chi connectivity index (χ1v) is 10.7. The zero-order chi connectivity index (χ0) is 23.5. The normalized spacial score (nSPS) is 12.9. The van der Waals surface area contributed by atoms with Gasteiger partial charge in [0.15, 0.2) is 5.65 Å². The van der Waals surface area contributed by atoms with E-state index in [9.17, 15) is 0 Å². The van der Waals surface area contributed by atoms with Crippen molar-refractivity contribution in [1.29, 1.82) is 0 Å². The zero-order valence-corrected chi connectivity index (χ0v) is 19.1. The highest BCUT2D eigenvalue weighted by Gasteiger charge is 2.18. The van der Waals surface area contributed by atoms with Gasteiger partial charge in [-0.05, 0) is 18.2 Å².